The van der Waals surface area contributed by atoms with Crippen LogP contribution in [0.1, 0.15) is 24.2 Å². The summed E-state index contributed by atoms with van der Waals surface area (Å²) in [5.41, 5.74) is 2.48. The highest BCUT2D eigenvalue weighted by Crippen LogP contribution is 2.31. The highest BCUT2D eigenvalue weighted by molar-refractivity contribution is 7.99. The fourth-order valence-electron chi connectivity index (χ4n) is 2.21. The van der Waals surface area contributed by atoms with Crippen molar-refractivity contribution in [2.45, 2.75) is 31.2 Å². The van der Waals surface area contributed by atoms with Crippen LogP contribution in [0.4, 0.5) is 0 Å². The second-order valence-corrected chi connectivity index (χ2v) is 6.65. The fraction of sp³-hybridized carbons (Fsp3) is 0.235. The number of aliphatic hydroxyl groups excluding tert-OH is 1. The van der Waals surface area contributed by atoms with Crippen LogP contribution in [0.15, 0.2) is 39.7 Å². The molecule has 0 aliphatic heterocycles. The summed E-state index contributed by atoms with van der Waals surface area (Å²) in [4.78, 5) is 11.7. The molecular weight excluding hydrogens is 324 g/mol. The number of aliphatic hydroxyl groups is 1. The van der Waals surface area contributed by atoms with E-state index in [0.29, 0.717) is 11.0 Å². The van der Waals surface area contributed by atoms with Crippen molar-refractivity contribution in [1.29, 1.82) is 5.26 Å². The number of rotatable bonds is 4. The number of aromatic amines is 1. The summed E-state index contributed by atoms with van der Waals surface area (Å²) in [7, 11) is 0. The number of hydrogen-bond acceptors (Lipinski definition) is 6. The van der Waals surface area contributed by atoms with E-state index in [1.165, 1.54) is 11.8 Å². The Morgan fingerprint density at radius 3 is 2.71 bits per heavy atom. The van der Waals surface area contributed by atoms with Crippen molar-refractivity contribution in [3.8, 4) is 6.07 Å². The number of imidazole rings is 1. The quantitative estimate of drug-likeness (QED) is 0.421. The minimum Gasteiger partial charge on any atom is -0.510 e. The number of nitriles is 1. The largest absolute Gasteiger partial charge is 0.510 e. The molecule has 3 aromatic rings. The Hall–Kier alpha value is -2.72. The molecule has 122 valence electrons. The summed E-state index contributed by atoms with van der Waals surface area (Å²) in [5.74, 6) is 1.03. The van der Waals surface area contributed by atoms with Gasteiger partial charge in [0.2, 0.25) is 0 Å². The molecule has 0 fully saturated rings. The van der Waals surface area contributed by atoms with Crippen LogP contribution in [0.5, 0.6) is 0 Å². The summed E-state index contributed by atoms with van der Waals surface area (Å²) < 4.78 is 5.51. The highest BCUT2D eigenvalue weighted by Gasteiger charge is 2.21. The topological polar surface area (TPSA) is 98.7 Å². The van der Waals surface area contributed by atoms with Crippen LogP contribution in [0.25, 0.3) is 16.6 Å². The number of H-pyrrole nitrogens is 1. The maximum Gasteiger partial charge on any atom is 0.256 e. The number of nitrogens with zero attached hydrogens (tertiary/aromatic N) is 3. The zero-order valence-electron chi connectivity index (χ0n) is 13.5. The molecule has 0 saturated carbocycles. The second kappa shape index (κ2) is 6.42. The van der Waals surface area contributed by atoms with E-state index in [-0.39, 0.29) is 11.3 Å². The standard InChI is InChI=1S/C17H16N4O2S/c1-9-10(2)23-17(19-9)24-11(3)15(22)12(8-18)16-20-13-6-4-5-7-14(13)21-16/h4-7,11,22H,1-3H3,(H,20,21)/t11-/m0/s1. The van der Waals surface area contributed by atoms with Gasteiger partial charge in [-0.15, -0.1) is 0 Å². The molecule has 0 amide bonds. The van der Waals surface area contributed by atoms with Crippen molar-refractivity contribution < 1.29 is 9.52 Å². The van der Waals surface area contributed by atoms with Crippen LogP contribution in [0.3, 0.4) is 0 Å². The molecule has 0 aliphatic rings. The number of fused-ring (bicyclic) bond motifs is 1. The molecule has 24 heavy (non-hydrogen) atoms. The first kappa shape index (κ1) is 16.1. The SMILES string of the molecule is Cc1nc(S[C@@H](C)C(O)=C(C#N)c2nc3ccccc3[nH]2)oc1C. The van der Waals surface area contributed by atoms with E-state index in [2.05, 4.69) is 15.0 Å². The van der Waals surface area contributed by atoms with Crippen molar-refractivity contribution in [1.82, 2.24) is 15.0 Å². The lowest BCUT2D eigenvalue weighted by Crippen LogP contribution is -2.04. The zero-order chi connectivity index (χ0) is 17.3. The van der Waals surface area contributed by atoms with Crippen LogP contribution in [0, 0.1) is 25.2 Å². The zero-order valence-corrected chi connectivity index (χ0v) is 14.3. The Balaban J connectivity index is 1.92. The monoisotopic (exact) mass is 340 g/mol. The molecule has 2 heterocycles. The molecule has 3 rings (SSSR count). The van der Waals surface area contributed by atoms with E-state index in [1.807, 2.05) is 44.2 Å². The summed E-state index contributed by atoms with van der Waals surface area (Å²) in [6.07, 6.45) is 0. The van der Waals surface area contributed by atoms with Gasteiger partial charge in [-0.25, -0.2) is 9.97 Å². The Kier molecular flexibility index (Phi) is 4.32. The van der Waals surface area contributed by atoms with E-state index < -0.39 is 5.25 Å². The number of allylic oxidation sites excluding steroid dienone is 1. The summed E-state index contributed by atoms with van der Waals surface area (Å²) >= 11 is 1.25. The van der Waals surface area contributed by atoms with Crippen LogP contribution in [0.2, 0.25) is 0 Å². The minimum atomic E-state index is -0.398. The molecule has 2 aromatic heterocycles. The van der Waals surface area contributed by atoms with Gasteiger partial charge in [-0.2, -0.15) is 5.26 Å². The van der Waals surface area contributed by atoms with Gasteiger partial charge < -0.3 is 14.5 Å². The molecule has 0 radical (unpaired) electrons. The Bertz CT molecular complexity index is 912. The molecule has 0 aliphatic carbocycles. The summed E-state index contributed by atoms with van der Waals surface area (Å²) in [6, 6.07) is 9.50. The first-order valence-corrected chi connectivity index (χ1v) is 8.26. The third-order valence-corrected chi connectivity index (χ3v) is 4.62. The van der Waals surface area contributed by atoms with Crippen molar-refractivity contribution in [2.24, 2.45) is 0 Å². The number of oxazole rings is 1. The van der Waals surface area contributed by atoms with Gasteiger partial charge in [0.05, 0.1) is 22.0 Å². The maximum absolute atomic E-state index is 10.5. The summed E-state index contributed by atoms with van der Waals surface area (Å²) in [5, 5.41) is 20.0. The minimum absolute atomic E-state index is 0.0601. The third kappa shape index (κ3) is 3.01. The predicted molar refractivity (Wildman–Crippen MR) is 92.6 cm³/mol. The average Bonchev–Trinajstić information content (AvgIpc) is 3.11. The van der Waals surface area contributed by atoms with Crippen molar-refractivity contribution in [3.63, 3.8) is 0 Å². The smallest absolute Gasteiger partial charge is 0.256 e. The molecule has 0 unspecified atom stereocenters. The van der Waals surface area contributed by atoms with Crippen LogP contribution in [-0.4, -0.2) is 25.3 Å². The number of nitrogens with one attached hydrogen (secondary N) is 1. The molecule has 1 atom stereocenters. The lowest BCUT2D eigenvalue weighted by Gasteiger charge is -2.09. The van der Waals surface area contributed by atoms with Crippen molar-refractivity contribution in [3.05, 3.63) is 47.3 Å². The van der Waals surface area contributed by atoms with Gasteiger partial charge >= 0.3 is 0 Å². The number of benzene rings is 1. The number of aromatic nitrogens is 3. The van der Waals surface area contributed by atoms with Crippen LogP contribution >= 0.6 is 11.8 Å². The van der Waals surface area contributed by atoms with Gasteiger partial charge in [0.25, 0.3) is 5.22 Å². The number of aryl methyl sites for hydroxylation is 2. The maximum atomic E-state index is 10.5. The first-order chi connectivity index (χ1) is 11.5. The Morgan fingerprint density at radius 1 is 1.33 bits per heavy atom. The van der Waals surface area contributed by atoms with Gasteiger partial charge in [-0.1, -0.05) is 23.9 Å². The Morgan fingerprint density at radius 2 is 2.08 bits per heavy atom. The fourth-order valence-corrected chi connectivity index (χ4v) is 3.10. The molecule has 0 saturated heterocycles. The van der Waals surface area contributed by atoms with Gasteiger partial charge in [0.15, 0.2) is 5.82 Å². The van der Waals surface area contributed by atoms with Gasteiger partial charge in [0.1, 0.15) is 23.2 Å². The summed E-state index contributed by atoms with van der Waals surface area (Å²) in [6.45, 7) is 5.48. The van der Waals surface area contributed by atoms with Crippen LogP contribution < -0.4 is 0 Å². The lowest BCUT2D eigenvalue weighted by atomic mass is 10.2. The highest BCUT2D eigenvalue weighted by atomic mass is 32.2. The van der Waals surface area contributed by atoms with Crippen LogP contribution in [-0.2, 0) is 0 Å². The van der Waals surface area contributed by atoms with E-state index in [4.69, 9.17) is 4.42 Å². The van der Waals surface area contributed by atoms with Gasteiger partial charge in [0, 0.05) is 0 Å². The molecule has 1 aromatic carbocycles. The van der Waals surface area contributed by atoms with E-state index in [9.17, 15) is 10.4 Å². The molecule has 7 heteroatoms. The first-order valence-electron chi connectivity index (χ1n) is 7.38. The lowest BCUT2D eigenvalue weighted by molar-refractivity contribution is 0.397. The predicted octanol–water partition coefficient (Wildman–Crippen LogP) is 4.14. The Labute approximate surface area is 143 Å². The van der Waals surface area contributed by atoms with Gasteiger partial charge in [-0.3, -0.25) is 0 Å². The number of thioether (sulfide) groups is 1. The number of hydrogen-bond donors (Lipinski definition) is 2. The molecular formula is C17H16N4O2S. The molecule has 2 N–H and O–H groups in total. The second-order valence-electron chi connectivity index (χ2n) is 5.36. The van der Waals surface area contributed by atoms with E-state index in [1.54, 1.807) is 6.92 Å². The van der Waals surface area contributed by atoms with Crippen molar-refractivity contribution in [2.75, 3.05) is 0 Å². The van der Waals surface area contributed by atoms with Crippen molar-refractivity contribution >= 4 is 28.4 Å². The number of para-hydroxylation sites is 2. The normalized spacial score (nSPS) is 13.6. The third-order valence-electron chi connectivity index (χ3n) is 3.67. The molecule has 6 nitrogen and oxygen atoms in total. The van der Waals surface area contributed by atoms with E-state index >= 15 is 0 Å². The molecule has 0 bridgehead atoms. The van der Waals surface area contributed by atoms with Gasteiger partial charge in [-0.05, 0) is 32.9 Å². The van der Waals surface area contributed by atoms with E-state index in [0.717, 1.165) is 22.5 Å². The average molecular weight is 340 g/mol. The molecule has 0 spiro atoms.